The summed E-state index contributed by atoms with van der Waals surface area (Å²) in [6.07, 6.45) is 1.29. The lowest BCUT2D eigenvalue weighted by Crippen LogP contribution is -2.36. The number of fused-ring (bicyclic) bond motifs is 1. The molecule has 1 aliphatic carbocycles. The van der Waals surface area contributed by atoms with E-state index in [-0.39, 0.29) is 29.9 Å². The van der Waals surface area contributed by atoms with E-state index < -0.39 is 5.92 Å². The molecule has 2 atom stereocenters. The van der Waals surface area contributed by atoms with Crippen LogP contribution in [0.1, 0.15) is 47.7 Å². The molecule has 0 fully saturated rings. The molecule has 0 unspecified atom stereocenters. The third kappa shape index (κ3) is 4.82. The van der Waals surface area contributed by atoms with Crippen LogP contribution >= 0.6 is 34.0 Å². The van der Waals surface area contributed by atoms with Crippen LogP contribution in [0.4, 0.5) is 5.13 Å². The predicted molar refractivity (Wildman–Crippen MR) is 128 cm³/mol. The highest BCUT2D eigenvalue weighted by Crippen LogP contribution is 2.34. The van der Waals surface area contributed by atoms with Crippen LogP contribution in [-0.2, 0) is 22.6 Å². The monoisotopic (exact) mass is 488 g/mol. The summed E-state index contributed by atoms with van der Waals surface area (Å²) in [5.74, 6) is -0.860. The number of hydrogen-bond acceptors (Lipinski definition) is 8. The lowest BCUT2D eigenvalue weighted by Gasteiger charge is -2.25. The maximum atomic E-state index is 13.1. The normalized spacial score (nSPS) is 16.5. The fourth-order valence-corrected chi connectivity index (χ4v) is 6.07. The van der Waals surface area contributed by atoms with Crippen LogP contribution in [0, 0.1) is 11.8 Å². The zero-order valence-electron chi connectivity index (χ0n) is 18.1. The Labute approximate surface area is 198 Å². The first-order chi connectivity index (χ1) is 15.4. The summed E-state index contributed by atoms with van der Waals surface area (Å²) in [4.78, 5) is 50.3. The van der Waals surface area contributed by atoms with Crippen LogP contribution in [0.3, 0.4) is 0 Å². The molecule has 32 heavy (non-hydrogen) atoms. The second-order valence-corrected chi connectivity index (χ2v) is 10.7. The van der Waals surface area contributed by atoms with Crippen LogP contribution in [0.25, 0.3) is 9.88 Å². The van der Waals surface area contributed by atoms with E-state index in [4.69, 9.17) is 0 Å². The molecule has 0 saturated heterocycles. The molecule has 3 aromatic rings. The number of rotatable bonds is 7. The minimum absolute atomic E-state index is 0.0896. The molecular formula is C22H24N4O3S3. The molecule has 168 valence electrons. The van der Waals surface area contributed by atoms with Crippen molar-refractivity contribution in [2.45, 2.75) is 39.7 Å². The third-order valence-electron chi connectivity index (χ3n) is 5.52. The van der Waals surface area contributed by atoms with Gasteiger partial charge in [0.05, 0.1) is 33.6 Å². The minimum atomic E-state index is -0.449. The van der Waals surface area contributed by atoms with E-state index >= 15 is 0 Å². The molecule has 2 amide bonds. The lowest BCUT2D eigenvalue weighted by atomic mass is 9.89. The number of aromatic nitrogens is 2. The molecule has 1 aliphatic rings. The van der Waals surface area contributed by atoms with Crippen molar-refractivity contribution in [1.29, 1.82) is 0 Å². The Morgan fingerprint density at radius 2 is 2.09 bits per heavy atom. The SMILES string of the molecule is CC[C@@H](C)C(=O)Nc1nc2c(s1)C(=O)C[C@H](C(=O)N(C)Cc1csc(-c3cccs3)n1)C2. The fourth-order valence-electron chi connectivity index (χ4n) is 3.50. The Kier molecular flexibility index (Phi) is 6.82. The van der Waals surface area contributed by atoms with Crippen LogP contribution in [0.15, 0.2) is 22.9 Å². The Morgan fingerprint density at radius 3 is 2.81 bits per heavy atom. The smallest absolute Gasteiger partial charge is 0.228 e. The van der Waals surface area contributed by atoms with Crippen molar-refractivity contribution >= 4 is 56.7 Å². The quantitative estimate of drug-likeness (QED) is 0.520. The lowest BCUT2D eigenvalue weighted by molar-refractivity contribution is -0.134. The molecule has 7 nitrogen and oxygen atoms in total. The zero-order chi connectivity index (χ0) is 22.8. The van der Waals surface area contributed by atoms with Gasteiger partial charge in [-0.3, -0.25) is 14.4 Å². The van der Waals surface area contributed by atoms with Crippen molar-refractivity contribution in [1.82, 2.24) is 14.9 Å². The van der Waals surface area contributed by atoms with Crippen molar-refractivity contribution < 1.29 is 14.4 Å². The van der Waals surface area contributed by atoms with Crippen LogP contribution in [0.5, 0.6) is 0 Å². The van der Waals surface area contributed by atoms with Gasteiger partial charge in [0.1, 0.15) is 5.01 Å². The average molecular weight is 489 g/mol. The van der Waals surface area contributed by atoms with Gasteiger partial charge in [0.15, 0.2) is 10.9 Å². The maximum absolute atomic E-state index is 13.1. The second kappa shape index (κ2) is 9.60. The third-order valence-corrected chi connectivity index (χ3v) is 8.50. The summed E-state index contributed by atoms with van der Waals surface area (Å²) in [6, 6.07) is 4.02. The van der Waals surface area contributed by atoms with Gasteiger partial charge in [-0.25, -0.2) is 9.97 Å². The number of nitrogens with zero attached hydrogens (tertiary/aromatic N) is 3. The number of anilines is 1. The highest BCUT2D eigenvalue weighted by atomic mass is 32.1. The number of carbonyl (C=O) groups excluding carboxylic acids is 3. The van der Waals surface area contributed by atoms with E-state index in [0.29, 0.717) is 28.7 Å². The number of thiazole rings is 2. The van der Waals surface area contributed by atoms with Crippen molar-refractivity contribution in [3.8, 4) is 9.88 Å². The first kappa shape index (κ1) is 22.8. The fraction of sp³-hybridized carbons (Fsp3) is 0.409. The number of hydrogen-bond donors (Lipinski definition) is 1. The van der Waals surface area contributed by atoms with Crippen LogP contribution < -0.4 is 5.32 Å². The van der Waals surface area contributed by atoms with Gasteiger partial charge in [0.2, 0.25) is 11.8 Å². The molecule has 0 saturated carbocycles. The van der Waals surface area contributed by atoms with Crippen LogP contribution in [0.2, 0.25) is 0 Å². The molecule has 4 rings (SSSR count). The van der Waals surface area contributed by atoms with Gasteiger partial charge in [-0.15, -0.1) is 22.7 Å². The zero-order valence-corrected chi connectivity index (χ0v) is 20.5. The number of nitrogens with one attached hydrogen (secondary N) is 1. The molecule has 3 aromatic heterocycles. The van der Waals surface area contributed by atoms with Crippen molar-refractivity contribution in [3.05, 3.63) is 39.2 Å². The van der Waals surface area contributed by atoms with E-state index in [1.807, 2.05) is 36.7 Å². The Hall–Kier alpha value is -2.43. The molecule has 0 aromatic carbocycles. The number of carbonyl (C=O) groups is 3. The van der Waals surface area contributed by atoms with E-state index in [1.165, 1.54) is 11.3 Å². The van der Waals surface area contributed by atoms with Gasteiger partial charge >= 0.3 is 0 Å². The molecule has 1 N–H and O–H groups in total. The summed E-state index contributed by atoms with van der Waals surface area (Å²) in [7, 11) is 1.74. The van der Waals surface area contributed by atoms with Gasteiger partial charge in [0, 0.05) is 31.2 Å². The second-order valence-electron chi connectivity index (χ2n) is 7.94. The number of thiophene rings is 1. The van der Waals surface area contributed by atoms with E-state index in [9.17, 15) is 14.4 Å². The van der Waals surface area contributed by atoms with Crippen molar-refractivity contribution in [2.24, 2.45) is 11.8 Å². The van der Waals surface area contributed by atoms with Gasteiger partial charge in [0.25, 0.3) is 0 Å². The molecule has 0 radical (unpaired) electrons. The van der Waals surface area contributed by atoms with E-state index in [2.05, 4.69) is 15.3 Å². The molecule has 3 heterocycles. The predicted octanol–water partition coefficient (Wildman–Crippen LogP) is 4.72. The van der Waals surface area contributed by atoms with Gasteiger partial charge in [-0.2, -0.15) is 0 Å². The standard InChI is InChI=1S/C22H24N4O3S3/c1-4-12(2)19(28)25-22-24-15-8-13(9-16(27)18(15)32-22)21(29)26(3)10-14-11-31-20(23-14)17-6-5-7-30-17/h5-7,11-13H,4,8-10H2,1-3H3,(H,24,25,28)/t12-,13-/m1/s1. The average Bonchev–Trinajstić information content (AvgIpc) is 3.52. The molecule has 0 aliphatic heterocycles. The summed E-state index contributed by atoms with van der Waals surface area (Å²) >= 11 is 4.40. The summed E-state index contributed by atoms with van der Waals surface area (Å²) in [6.45, 7) is 4.19. The maximum Gasteiger partial charge on any atom is 0.228 e. The first-order valence-electron chi connectivity index (χ1n) is 10.4. The summed E-state index contributed by atoms with van der Waals surface area (Å²) < 4.78 is 0. The molecule has 0 spiro atoms. The van der Waals surface area contributed by atoms with E-state index in [0.717, 1.165) is 22.0 Å². The Bertz CT molecular complexity index is 1140. The number of Topliss-reactive ketones (excluding diaryl/α,β-unsaturated/α-hetero) is 1. The number of amides is 2. The molecule has 0 bridgehead atoms. The van der Waals surface area contributed by atoms with Crippen molar-refractivity contribution in [2.75, 3.05) is 12.4 Å². The minimum Gasteiger partial charge on any atom is -0.340 e. The highest BCUT2D eigenvalue weighted by Gasteiger charge is 2.34. The van der Waals surface area contributed by atoms with E-state index in [1.54, 1.807) is 34.6 Å². The largest absolute Gasteiger partial charge is 0.340 e. The highest BCUT2D eigenvalue weighted by molar-refractivity contribution is 7.20. The van der Waals surface area contributed by atoms with Crippen molar-refractivity contribution in [3.63, 3.8) is 0 Å². The van der Waals surface area contributed by atoms with Gasteiger partial charge in [-0.05, 0) is 17.9 Å². The Balaban J connectivity index is 1.41. The topological polar surface area (TPSA) is 92.3 Å². The first-order valence-corrected chi connectivity index (χ1v) is 13.0. The van der Waals surface area contributed by atoms with Gasteiger partial charge < -0.3 is 10.2 Å². The molecular weight excluding hydrogens is 464 g/mol. The summed E-state index contributed by atoms with van der Waals surface area (Å²) in [5, 5.41) is 8.16. The number of ketones is 1. The van der Waals surface area contributed by atoms with Crippen LogP contribution in [-0.4, -0.2) is 39.5 Å². The molecule has 10 heteroatoms. The summed E-state index contributed by atoms with van der Waals surface area (Å²) in [5.41, 5.74) is 1.44. The van der Waals surface area contributed by atoms with Gasteiger partial charge in [-0.1, -0.05) is 31.3 Å². The Morgan fingerprint density at radius 1 is 1.28 bits per heavy atom.